The van der Waals surface area contributed by atoms with Gasteiger partial charge in [-0.2, -0.15) is 5.10 Å². The van der Waals surface area contributed by atoms with Gasteiger partial charge < -0.3 is 15.4 Å². The largest absolute Gasteiger partial charge is 0.493 e. The van der Waals surface area contributed by atoms with Crippen molar-refractivity contribution in [2.75, 3.05) is 11.9 Å². The Morgan fingerprint density at radius 1 is 1.19 bits per heavy atom. The van der Waals surface area contributed by atoms with E-state index in [0.29, 0.717) is 18.1 Å². The van der Waals surface area contributed by atoms with Gasteiger partial charge in [0.05, 0.1) is 12.6 Å². The smallest absolute Gasteiger partial charge is 0.319 e. The van der Waals surface area contributed by atoms with Gasteiger partial charge >= 0.3 is 6.03 Å². The highest BCUT2D eigenvalue weighted by molar-refractivity contribution is 5.89. The fraction of sp³-hybridized carbons (Fsp3) is 0.211. The first-order chi connectivity index (χ1) is 12.7. The van der Waals surface area contributed by atoms with Crippen LogP contribution in [0.1, 0.15) is 18.0 Å². The number of urea groups is 1. The Kier molecular flexibility index (Phi) is 4.27. The number of carbonyl (C=O) groups is 1. The van der Waals surface area contributed by atoms with Crippen molar-refractivity contribution < 1.29 is 9.53 Å². The molecule has 26 heavy (non-hydrogen) atoms. The average Bonchev–Trinajstić information content (AvgIpc) is 3.09. The lowest BCUT2D eigenvalue weighted by Gasteiger charge is -2.26. The summed E-state index contributed by atoms with van der Waals surface area (Å²) in [5.74, 6) is 1.48. The number of carbonyl (C=O) groups excluding carboxylic acids is 1. The molecule has 7 heteroatoms. The van der Waals surface area contributed by atoms with Gasteiger partial charge in [0.1, 0.15) is 12.1 Å². The molecular weight excluding hydrogens is 330 g/mol. The highest BCUT2D eigenvalue weighted by Crippen LogP contribution is 2.31. The Hall–Kier alpha value is -3.35. The first kappa shape index (κ1) is 16.1. The molecule has 0 saturated carbocycles. The lowest BCUT2D eigenvalue weighted by Crippen LogP contribution is -2.35. The fourth-order valence-corrected chi connectivity index (χ4v) is 2.99. The predicted octanol–water partition coefficient (Wildman–Crippen LogP) is 3.13. The Morgan fingerprint density at radius 2 is 2.00 bits per heavy atom. The SMILES string of the molecule is Cn1cnc(-c2ccc(NC(=O)N[C@H]3CCOc4ccccc43)cc2)n1. The number of hydrogen-bond donors (Lipinski definition) is 2. The van der Waals surface area contributed by atoms with Crippen molar-refractivity contribution in [1.82, 2.24) is 20.1 Å². The number of aryl methyl sites for hydroxylation is 1. The van der Waals surface area contributed by atoms with Gasteiger partial charge in [-0.3, -0.25) is 4.68 Å². The van der Waals surface area contributed by atoms with E-state index < -0.39 is 0 Å². The quantitative estimate of drug-likeness (QED) is 0.761. The van der Waals surface area contributed by atoms with Crippen molar-refractivity contribution in [1.29, 1.82) is 0 Å². The van der Waals surface area contributed by atoms with E-state index in [-0.39, 0.29) is 12.1 Å². The molecule has 2 amide bonds. The van der Waals surface area contributed by atoms with Gasteiger partial charge in [0, 0.05) is 30.3 Å². The molecule has 2 heterocycles. The van der Waals surface area contributed by atoms with Crippen molar-refractivity contribution in [3.63, 3.8) is 0 Å². The standard InChI is InChI=1S/C19H19N5O2/c1-24-12-20-18(23-24)13-6-8-14(9-7-13)21-19(25)22-16-10-11-26-17-5-3-2-4-15(16)17/h2-9,12,16H,10-11H2,1H3,(H2,21,22,25)/t16-/m0/s1. The van der Waals surface area contributed by atoms with Crippen molar-refractivity contribution in [3.05, 3.63) is 60.4 Å². The maximum absolute atomic E-state index is 12.4. The number of fused-ring (bicyclic) bond motifs is 1. The van der Waals surface area contributed by atoms with E-state index in [9.17, 15) is 4.79 Å². The maximum atomic E-state index is 12.4. The summed E-state index contributed by atoms with van der Waals surface area (Å²) in [6.45, 7) is 0.591. The van der Waals surface area contributed by atoms with Crippen LogP contribution in [0.5, 0.6) is 5.75 Å². The van der Waals surface area contributed by atoms with Crippen LogP contribution in [0.3, 0.4) is 0 Å². The molecule has 2 aromatic carbocycles. The number of nitrogens with one attached hydrogen (secondary N) is 2. The van der Waals surface area contributed by atoms with Gasteiger partial charge in [-0.05, 0) is 30.3 Å². The van der Waals surface area contributed by atoms with Gasteiger partial charge in [-0.25, -0.2) is 9.78 Å². The van der Waals surface area contributed by atoms with Crippen LogP contribution in [0.15, 0.2) is 54.9 Å². The third kappa shape index (κ3) is 3.37. The van der Waals surface area contributed by atoms with E-state index in [1.165, 1.54) is 0 Å². The molecular formula is C19H19N5O2. The molecule has 0 unspecified atom stereocenters. The fourth-order valence-electron chi connectivity index (χ4n) is 2.99. The number of ether oxygens (including phenoxy) is 1. The third-order valence-electron chi connectivity index (χ3n) is 4.26. The van der Waals surface area contributed by atoms with Gasteiger partial charge in [0.15, 0.2) is 5.82 Å². The number of benzene rings is 2. The van der Waals surface area contributed by atoms with E-state index in [4.69, 9.17) is 4.74 Å². The summed E-state index contributed by atoms with van der Waals surface area (Å²) in [5.41, 5.74) is 2.61. The van der Waals surface area contributed by atoms with Crippen LogP contribution in [0.4, 0.5) is 10.5 Å². The van der Waals surface area contributed by atoms with E-state index in [1.54, 1.807) is 11.0 Å². The van der Waals surface area contributed by atoms with Gasteiger partial charge in [0.2, 0.25) is 0 Å². The molecule has 0 aliphatic carbocycles. The van der Waals surface area contributed by atoms with E-state index in [0.717, 1.165) is 23.3 Å². The molecule has 1 aromatic heterocycles. The number of hydrogen-bond acceptors (Lipinski definition) is 4. The molecule has 132 valence electrons. The van der Waals surface area contributed by atoms with Crippen LogP contribution in [0.2, 0.25) is 0 Å². The predicted molar refractivity (Wildman–Crippen MR) is 97.9 cm³/mol. The van der Waals surface area contributed by atoms with E-state index in [1.807, 2.05) is 55.6 Å². The molecule has 4 rings (SSSR count). The van der Waals surface area contributed by atoms with Gasteiger partial charge in [-0.15, -0.1) is 0 Å². The molecule has 0 radical (unpaired) electrons. The molecule has 1 atom stereocenters. The van der Waals surface area contributed by atoms with Crippen molar-refractivity contribution in [3.8, 4) is 17.1 Å². The second kappa shape index (κ2) is 6.87. The lowest BCUT2D eigenvalue weighted by atomic mass is 10.0. The molecule has 2 N–H and O–H groups in total. The molecule has 7 nitrogen and oxygen atoms in total. The minimum atomic E-state index is -0.240. The lowest BCUT2D eigenvalue weighted by molar-refractivity contribution is 0.232. The molecule has 3 aromatic rings. The molecule has 0 saturated heterocycles. The molecule has 0 fully saturated rings. The van der Waals surface area contributed by atoms with Crippen LogP contribution >= 0.6 is 0 Å². The highest BCUT2D eigenvalue weighted by Gasteiger charge is 2.22. The highest BCUT2D eigenvalue weighted by atomic mass is 16.5. The second-order valence-electron chi connectivity index (χ2n) is 6.15. The number of para-hydroxylation sites is 1. The Balaban J connectivity index is 1.41. The summed E-state index contributed by atoms with van der Waals surface area (Å²) >= 11 is 0. The summed E-state index contributed by atoms with van der Waals surface area (Å²) in [6, 6.07) is 14.9. The zero-order valence-electron chi connectivity index (χ0n) is 14.3. The van der Waals surface area contributed by atoms with Crippen LogP contribution < -0.4 is 15.4 Å². The van der Waals surface area contributed by atoms with Gasteiger partial charge in [-0.1, -0.05) is 18.2 Å². The van der Waals surface area contributed by atoms with Crippen molar-refractivity contribution in [2.24, 2.45) is 7.05 Å². The summed E-state index contributed by atoms with van der Waals surface area (Å²) in [4.78, 5) is 16.6. The summed E-state index contributed by atoms with van der Waals surface area (Å²) in [6.07, 6.45) is 2.40. The Bertz CT molecular complexity index is 920. The number of rotatable bonds is 3. The molecule has 0 spiro atoms. The average molecular weight is 349 g/mol. The van der Waals surface area contributed by atoms with Crippen LogP contribution in [-0.4, -0.2) is 27.4 Å². The number of amides is 2. The van der Waals surface area contributed by atoms with Crippen LogP contribution in [-0.2, 0) is 7.05 Å². The van der Waals surface area contributed by atoms with Crippen molar-refractivity contribution >= 4 is 11.7 Å². The number of aromatic nitrogens is 3. The number of nitrogens with zero attached hydrogens (tertiary/aromatic N) is 3. The monoisotopic (exact) mass is 349 g/mol. The molecule has 0 bridgehead atoms. The molecule has 1 aliphatic rings. The minimum Gasteiger partial charge on any atom is -0.493 e. The van der Waals surface area contributed by atoms with Gasteiger partial charge in [0.25, 0.3) is 0 Å². The first-order valence-corrected chi connectivity index (χ1v) is 8.44. The zero-order valence-corrected chi connectivity index (χ0v) is 14.3. The van der Waals surface area contributed by atoms with Crippen LogP contribution in [0.25, 0.3) is 11.4 Å². The zero-order chi connectivity index (χ0) is 17.9. The van der Waals surface area contributed by atoms with Crippen molar-refractivity contribution in [2.45, 2.75) is 12.5 Å². The normalized spacial score (nSPS) is 15.7. The first-order valence-electron chi connectivity index (χ1n) is 8.44. The third-order valence-corrected chi connectivity index (χ3v) is 4.26. The topological polar surface area (TPSA) is 81.1 Å². The van der Waals surface area contributed by atoms with Crippen LogP contribution in [0, 0.1) is 0 Å². The Morgan fingerprint density at radius 3 is 2.77 bits per heavy atom. The molecule has 1 aliphatic heterocycles. The summed E-state index contributed by atoms with van der Waals surface area (Å²) < 4.78 is 7.28. The van der Waals surface area contributed by atoms with E-state index in [2.05, 4.69) is 20.7 Å². The summed E-state index contributed by atoms with van der Waals surface area (Å²) in [7, 11) is 1.82. The number of anilines is 1. The minimum absolute atomic E-state index is 0.0584. The second-order valence-corrected chi connectivity index (χ2v) is 6.15. The van der Waals surface area contributed by atoms with E-state index >= 15 is 0 Å². The summed E-state index contributed by atoms with van der Waals surface area (Å²) in [5, 5.41) is 10.1. The maximum Gasteiger partial charge on any atom is 0.319 e. The Labute approximate surface area is 151 Å².